The van der Waals surface area contributed by atoms with Crippen molar-refractivity contribution >= 4 is 34.5 Å². The van der Waals surface area contributed by atoms with Crippen LogP contribution in [0.3, 0.4) is 0 Å². The largest absolute Gasteiger partial charge is 0.369 e. The summed E-state index contributed by atoms with van der Waals surface area (Å²) in [7, 11) is 0. The van der Waals surface area contributed by atoms with Gasteiger partial charge < -0.3 is 10.6 Å². The first-order chi connectivity index (χ1) is 14.4. The Bertz CT molecular complexity index is 828. The Morgan fingerprint density at radius 1 is 1.20 bits per heavy atom. The van der Waals surface area contributed by atoms with E-state index < -0.39 is 0 Å². The topological polar surface area (TPSA) is 84.7 Å². The molecule has 1 saturated carbocycles. The lowest BCUT2D eigenvalue weighted by Crippen LogP contribution is -2.29. The molecule has 166 valence electrons. The molecule has 8 heteroatoms. The number of carbonyl (C=O) groups is 1. The van der Waals surface area contributed by atoms with Gasteiger partial charge in [-0.2, -0.15) is 5.10 Å². The van der Waals surface area contributed by atoms with Crippen LogP contribution in [0, 0.1) is 11.8 Å². The number of thioether (sulfide) groups is 1. The van der Waals surface area contributed by atoms with Crippen LogP contribution in [0.1, 0.15) is 66.2 Å². The summed E-state index contributed by atoms with van der Waals surface area (Å²) in [6.45, 7) is 10.6. The molecule has 0 radical (unpaired) electrons. The number of nitrogens with one attached hydrogen (secondary N) is 2. The second-order valence-electron chi connectivity index (χ2n) is 8.96. The van der Waals surface area contributed by atoms with E-state index in [4.69, 9.17) is 9.97 Å². The molecule has 3 rings (SSSR count). The van der Waals surface area contributed by atoms with Crippen molar-refractivity contribution in [3.63, 3.8) is 0 Å². The standard InChI is InChI=1S/C22H36N6OS/c1-15(2)13-24-20-18-14-25-28(21(18)27-22(26-20)30-16(3)4)11-10-23-19(29)12-17-8-6-5-7-9-17/h14-17H,5-13H2,1-4H3,(H,23,29)(H,24,26,27). The highest BCUT2D eigenvalue weighted by molar-refractivity contribution is 7.99. The third-order valence-electron chi connectivity index (χ3n) is 5.34. The molecular formula is C22H36N6OS. The summed E-state index contributed by atoms with van der Waals surface area (Å²) in [4.78, 5) is 21.8. The van der Waals surface area contributed by atoms with Crippen molar-refractivity contribution in [2.45, 2.75) is 83.2 Å². The van der Waals surface area contributed by atoms with E-state index in [0.29, 0.717) is 36.6 Å². The first-order valence-electron chi connectivity index (χ1n) is 11.3. The predicted octanol–water partition coefficient (Wildman–Crippen LogP) is 4.48. The van der Waals surface area contributed by atoms with Crippen LogP contribution in [-0.4, -0.2) is 44.0 Å². The summed E-state index contributed by atoms with van der Waals surface area (Å²) in [5.74, 6) is 2.07. The Hall–Kier alpha value is -1.83. The molecule has 0 atom stereocenters. The molecule has 0 saturated heterocycles. The molecule has 2 N–H and O–H groups in total. The Balaban J connectivity index is 1.65. The van der Waals surface area contributed by atoms with Crippen molar-refractivity contribution in [2.24, 2.45) is 11.8 Å². The molecular weight excluding hydrogens is 396 g/mol. The quantitative estimate of drug-likeness (QED) is 0.425. The molecule has 1 fully saturated rings. The molecule has 1 aliphatic carbocycles. The number of fused-ring (bicyclic) bond motifs is 1. The summed E-state index contributed by atoms with van der Waals surface area (Å²) in [6, 6.07) is 0. The van der Waals surface area contributed by atoms with E-state index in [1.54, 1.807) is 11.8 Å². The summed E-state index contributed by atoms with van der Waals surface area (Å²) in [5, 5.41) is 13.1. The van der Waals surface area contributed by atoms with Crippen LogP contribution in [0.2, 0.25) is 0 Å². The first-order valence-corrected chi connectivity index (χ1v) is 12.2. The second kappa shape index (κ2) is 11.0. The molecule has 0 aromatic carbocycles. The summed E-state index contributed by atoms with van der Waals surface area (Å²) < 4.78 is 1.88. The van der Waals surface area contributed by atoms with Gasteiger partial charge in [-0.25, -0.2) is 14.6 Å². The van der Waals surface area contributed by atoms with Crippen LogP contribution in [0.15, 0.2) is 11.4 Å². The minimum absolute atomic E-state index is 0.156. The van der Waals surface area contributed by atoms with E-state index in [1.165, 1.54) is 32.1 Å². The van der Waals surface area contributed by atoms with E-state index in [0.717, 1.165) is 28.6 Å². The van der Waals surface area contributed by atoms with Gasteiger partial charge in [0, 0.05) is 24.8 Å². The van der Waals surface area contributed by atoms with Gasteiger partial charge in [0.25, 0.3) is 0 Å². The zero-order chi connectivity index (χ0) is 21.5. The van der Waals surface area contributed by atoms with Crippen LogP contribution >= 0.6 is 11.8 Å². The molecule has 1 amide bonds. The van der Waals surface area contributed by atoms with Crippen molar-refractivity contribution in [3.05, 3.63) is 6.20 Å². The van der Waals surface area contributed by atoms with Crippen molar-refractivity contribution in [2.75, 3.05) is 18.4 Å². The van der Waals surface area contributed by atoms with Crippen LogP contribution in [-0.2, 0) is 11.3 Å². The highest BCUT2D eigenvalue weighted by Gasteiger charge is 2.17. The molecule has 2 aromatic heterocycles. The molecule has 0 unspecified atom stereocenters. The molecule has 0 aliphatic heterocycles. The van der Waals surface area contributed by atoms with Gasteiger partial charge in [-0.05, 0) is 24.7 Å². The number of hydrogen-bond donors (Lipinski definition) is 2. The highest BCUT2D eigenvalue weighted by atomic mass is 32.2. The summed E-state index contributed by atoms with van der Waals surface area (Å²) in [6.07, 6.45) is 8.71. The third-order valence-corrected chi connectivity index (χ3v) is 6.20. The van der Waals surface area contributed by atoms with Crippen molar-refractivity contribution in [1.29, 1.82) is 0 Å². The molecule has 1 aliphatic rings. The van der Waals surface area contributed by atoms with E-state index in [-0.39, 0.29) is 5.91 Å². The number of nitrogens with zero attached hydrogens (tertiary/aromatic N) is 4. The highest BCUT2D eigenvalue weighted by Crippen LogP contribution is 2.27. The molecule has 0 spiro atoms. The van der Waals surface area contributed by atoms with Crippen molar-refractivity contribution in [1.82, 2.24) is 25.1 Å². The van der Waals surface area contributed by atoms with Gasteiger partial charge in [0.15, 0.2) is 10.8 Å². The fourth-order valence-corrected chi connectivity index (χ4v) is 4.53. The lowest BCUT2D eigenvalue weighted by Gasteiger charge is -2.20. The molecule has 2 heterocycles. The fourth-order valence-electron chi connectivity index (χ4n) is 3.82. The van der Waals surface area contributed by atoms with E-state index in [1.807, 2.05) is 10.9 Å². The maximum Gasteiger partial charge on any atom is 0.220 e. The van der Waals surface area contributed by atoms with Gasteiger partial charge in [0.1, 0.15) is 5.82 Å². The zero-order valence-electron chi connectivity index (χ0n) is 18.8. The van der Waals surface area contributed by atoms with Gasteiger partial charge >= 0.3 is 0 Å². The van der Waals surface area contributed by atoms with Gasteiger partial charge in [0.05, 0.1) is 18.1 Å². The fraction of sp³-hybridized carbons (Fsp3) is 0.727. The van der Waals surface area contributed by atoms with Crippen LogP contribution in [0.5, 0.6) is 0 Å². The van der Waals surface area contributed by atoms with Gasteiger partial charge in [0.2, 0.25) is 5.91 Å². The second-order valence-corrected chi connectivity index (χ2v) is 10.5. The van der Waals surface area contributed by atoms with Gasteiger partial charge in [-0.3, -0.25) is 4.79 Å². The predicted molar refractivity (Wildman–Crippen MR) is 124 cm³/mol. The monoisotopic (exact) mass is 432 g/mol. The lowest BCUT2D eigenvalue weighted by atomic mass is 9.87. The summed E-state index contributed by atoms with van der Waals surface area (Å²) >= 11 is 1.65. The average molecular weight is 433 g/mol. The average Bonchev–Trinajstić information content (AvgIpc) is 3.09. The van der Waals surface area contributed by atoms with Crippen molar-refractivity contribution in [3.8, 4) is 0 Å². The minimum atomic E-state index is 0.156. The number of rotatable bonds is 10. The van der Waals surface area contributed by atoms with Crippen LogP contribution in [0.25, 0.3) is 11.0 Å². The minimum Gasteiger partial charge on any atom is -0.369 e. The number of carbonyl (C=O) groups excluding carboxylic acids is 1. The van der Waals surface area contributed by atoms with E-state index in [9.17, 15) is 4.79 Å². The zero-order valence-corrected chi connectivity index (χ0v) is 19.6. The lowest BCUT2D eigenvalue weighted by molar-refractivity contribution is -0.122. The van der Waals surface area contributed by atoms with E-state index in [2.05, 4.69) is 43.4 Å². The third kappa shape index (κ3) is 6.59. The maximum absolute atomic E-state index is 12.3. The molecule has 0 bridgehead atoms. The normalized spacial score (nSPS) is 15.3. The summed E-state index contributed by atoms with van der Waals surface area (Å²) in [5.41, 5.74) is 0.820. The van der Waals surface area contributed by atoms with E-state index >= 15 is 0 Å². The Kier molecular flexibility index (Phi) is 8.36. The number of anilines is 1. The van der Waals surface area contributed by atoms with Gasteiger partial charge in [-0.15, -0.1) is 0 Å². The molecule has 30 heavy (non-hydrogen) atoms. The van der Waals surface area contributed by atoms with Gasteiger partial charge in [-0.1, -0.05) is 58.7 Å². The molecule has 7 nitrogen and oxygen atoms in total. The van der Waals surface area contributed by atoms with Crippen molar-refractivity contribution < 1.29 is 4.79 Å². The Labute approximate surface area is 184 Å². The SMILES string of the molecule is CC(C)CNc1nc(SC(C)C)nc2c1cnn2CCNC(=O)CC1CCCCC1. The molecule has 2 aromatic rings. The maximum atomic E-state index is 12.3. The Morgan fingerprint density at radius 2 is 1.97 bits per heavy atom. The van der Waals surface area contributed by atoms with Crippen LogP contribution < -0.4 is 10.6 Å². The van der Waals surface area contributed by atoms with Crippen LogP contribution in [0.4, 0.5) is 5.82 Å². The number of amides is 1. The number of hydrogen-bond acceptors (Lipinski definition) is 6. The Morgan fingerprint density at radius 3 is 2.67 bits per heavy atom. The number of aromatic nitrogens is 4. The smallest absolute Gasteiger partial charge is 0.220 e. The first kappa shape index (κ1) is 22.8.